The lowest BCUT2D eigenvalue weighted by Crippen LogP contribution is -2.31. The molecule has 3 nitrogen and oxygen atoms in total. The van der Waals surface area contributed by atoms with Gasteiger partial charge in [0.25, 0.3) is 0 Å². The van der Waals surface area contributed by atoms with Gasteiger partial charge in [0.05, 0.1) is 12.7 Å². The first-order valence-electron chi connectivity index (χ1n) is 5.77. The standard InChI is InChI=1S/C13H16FNO2/c1-17-11-7-3-5-9(12(11)14)13(16)8-4-2-6-10(8)15/h3,5,7-8,10H,2,4,6,15H2,1H3. The molecule has 2 unspecified atom stereocenters. The number of carbonyl (C=O) groups excluding carboxylic acids is 1. The van der Waals surface area contributed by atoms with Crippen LogP contribution in [-0.4, -0.2) is 18.9 Å². The summed E-state index contributed by atoms with van der Waals surface area (Å²) in [7, 11) is 1.38. The molecule has 0 saturated heterocycles. The molecule has 2 rings (SSSR count). The Balaban J connectivity index is 2.30. The molecule has 0 aromatic heterocycles. The van der Waals surface area contributed by atoms with E-state index in [1.165, 1.54) is 19.2 Å². The van der Waals surface area contributed by atoms with Gasteiger partial charge in [0.1, 0.15) is 0 Å². The Labute approximate surface area is 99.8 Å². The lowest BCUT2D eigenvalue weighted by Gasteiger charge is -2.15. The number of methoxy groups -OCH3 is 1. The number of hydrogen-bond acceptors (Lipinski definition) is 3. The topological polar surface area (TPSA) is 52.3 Å². The molecule has 0 amide bonds. The van der Waals surface area contributed by atoms with E-state index in [1.54, 1.807) is 6.07 Å². The summed E-state index contributed by atoms with van der Waals surface area (Å²) in [5.41, 5.74) is 5.95. The minimum Gasteiger partial charge on any atom is -0.494 e. The highest BCUT2D eigenvalue weighted by molar-refractivity contribution is 5.99. The third kappa shape index (κ3) is 2.17. The third-order valence-corrected chi connectivity index (χ3v) is 3.35. The Kier molecular flexibility index (Phi) is 3.43. The van der Waals surface area contributed by atoms with Crippen LogP contribution in [0.1, 0.15) is 29.6 Å². The van der Waals surface area contributed by atoms with E-state index in [2.05, 4.69) is 0 Å². The molecule has 0 bridgehead atoms. The van der Waals surface area contributed by atoms with Crippen molar-refractivity contribution in [2.24, 2.45) is 11.7 Å². The van der Waals surface area contributed by atoms with Gasteiger partial charge < -0.3 is 10.5 Å². The van der Waals surface area contributed by atoms with Crippen LogP contribution in [0, 0.1) is 11.7 Å². The van der Waals surface area contributed by atoms with Crippen molar-refractivity contribution in [3.63, 3.8) is 0 Å². The molecule has 92 valence electrons. The minimum absolute atomic E-state index is 0.0895. The summed E-state index contributed by atoms with van der Waals surface area (Å²) in [6.07, 6.45) is 2.52. The van der Waals surface area contributed by atoms with Crippen molar-refractivity contribution in [3.8, 4) is 5.75 Å². The Morgan fingerprint density at radius 1 is 1.47 bits per heavy atom. The van der Waals surface area contributed by atoms with Crippen LogP contribution < -0.4 is 10.5 Å². The predicted molar refractivity (Wildman–Crippen MR) is 62.6 cm³/mol. The van der Waals surface area contributed by atoms with Crippen molar-refractivity contribution in [2.75, 3.05) is 7.11 Å². The molecule has 1 aromatic rings. The van der Waals surface area contributed by atoms with E-state index >= 15 is 0 Å². The normalized spacial score (nSPS) is 23.7. The predicted octanol–water partition coefficient (Wildman–Crippen LogP) is 2.14. The van der Waals surface area contributed by atoms with Crippen molar-refractivity contribution in [1.82, 2.24) is 0 Å². The molecule has 0 spiro atoms. The van der Waals surface area contributed by atoms with Crippen molar-refractivity contribution in [2.45, 2.75) is 25.3 Å². The van der Waals surface area contributed by atoms with Crippen LogP contribution in [0.15, 0.2) is 18.2 Å². The van der Waals surface area contributed by atoms with E-state index in [1.807, 2.05) is 0 Å². The Morgan fingerprint density at radius 2 is 2.24 bits per heavy atom. The van der Waals surface area contributed by atoms with E-state index in [-0.39, 0.29) is 29.1 Å². The van der Waals surface area contributed by atoms with Crippen LogP contribution in [0.2, 0.25) is 0 Å². The zero-order chi connectivity index (χ0) is 12.4. The maximum Gasteiger partial charge on any atom is 0.175 e. The second-order valence-corrected chi connectivity index (χ2v) is 4.39. The van der Waals surface area contributed by atoms with Gasteiger partial charge in [0, 0.05) is 12.0 Å². The molecule has 0 radical (unpaired) electrons. The number of Topliss-reactive ketones (excluding diaryl/α,β-unsaturated/α-hetero) is 1. The zero-order valence-corrected chi connectivity index (χ0v) is 9.78. The average Bonchev–Trinajstić information content (AvgIpc) is 2.75. The summed E-state index contributed by atoms with van der Waals surface area (Å²) >= 11 is 0. The monoisotopic (exact) mass is 237 g/mol. The van der Waals surface area contributed by atoms with E-state index in [0.717, 1.165) is 19.3 Å². The molecular weight excluding hydrogens is 221 g/mol. The fraction of sp³-hybridized carbons (Fsp3) is 0.462. The lowest BCUT2D eigenvalue weighted by atomic mass is 9.93. The molecule has 1 aliphatic carbocycles. The van der Waals surface area contributed by atoms with E-state index in [9.17, 15) is 9.18 Å². The van der Waals surface area contributed by atoms with Gasteiger partial charge in [-0.15, -0.1) is 0 Å². The summed E-state index contributed by atoms with van der Waals surface area (Å²) < 4.78 is 18.8. The van der Waals surface area contributed by atoms with Crippen LogP contribution in [0.5, 0.6) is 5.75 Å². The van der Waals surface area contributed by atoms with Crippen LogP contribution in [0.4, 0.5) is 4.39 Å². The zero-order valence-electron chi connectivity index (χ0n) is 9.78. The molecule has 1 fully saturated rings. The number of halogens is 1. The SMILES string of the molecule is COc1cccc(C(=O)C2CCCC2N)c1F. The van der Waals surface area contributed by atoms with Gasteiger partial charge in [0.2, 0.25) is 0 Å². The van der Waals surface area contributed by atoms with Crippen molar-refractivity contribution < 1.29 is 13.9 Å². The van der Waals surface area contributed by atoms with Gasteiger partial charge in [-0.2, -0.15) is 0 Å². The molecule has 17 heavy (non-hydrogen) atoms. The number of rotatable bonds is 3. The average molecular weight is 237 g/mol. The van der Waals surface area contributed by atoms with Crippen LogP contribution in [-0.2, 0) is 0 Å². The maximum absolute atomic E-state index is 13.9. The Bertz CT molecular complexity index is 433. The highest BCUT2D eigenvalue weighted by atomic mass is 19.1. The van der Waals surface area contributed by atoms with Gasteiger partial charge in [-0.05, 0) is 25.0 Å². The van der Waals surface area contributed by atoms with Crippen LogP contribution in [0.25, 0.3) is 0 Å². The molecule has 4 heteroatoms. The quantitative estimate of drug-likeness (QED) is 0.819. The molecule has 1 saturated carbocycles. The molecule has 1 aromatic carbocycles. The summed E-state index contributed by atoms with van der Waals surface area (Å²) in [6.45, 7) is 0. The molecule has 1 aliphatic rings. The number of benzene rings is 1. The molecule has 2 N–H and O–H groups in total. The maximum atomic E-state index is 13.9. The second-order valence-electron chi connectivity index (χ2n) is 4.39. The van der Waals surface area contributed by atoms with Crippen molar-refractivity contribution in [3.05, 3.63) is 29.6 Å². The number of nitrogens with two attached hydrogens (primary N) is 1. The fourth-order valence-corrected chi connectivity index (χ4v) is 2.37. The van der Waals surface area contributed by atoms with Crippen molar-refractivity contribution in [1.29, 1.82) is 0 Å². The largest absolute Gasteiger partial charge is 0.494 e. The highest BCUT2D eigenvalue weighted by Gasteiger charge is 2.32. The van der Waals surface area contributed by atoms with E-state index in [4.69, 9.17) is 10.5 Å². The first kappa shape index (κ1) is 12.0. The number of ketones is 1. The summed E-state index contributed by atoms with van der Waals surface area (Å²) in [5, 5.41) is 0. The van der Waals surface area contributed by atoms with Crippen LogP contribution in [0.3, 0.4) is 0 Å². The summed E-state index contributed by atoms with van der Waals surface area (Å²) in [5.74, 6) is -0.940. The first-order chi connectivity index (χ1) is 8.15. The van der Waals surface area contributed by atoms with Gasteiger partial charge >= 0.3 is 0 Å². The number of carbonyl (C=O) groups is 1. The third-order valence-electron chi connectivity index (χ3n) is 3.35. The lowest BCUT2D eigenvalue weighted by molar-refractivity contribution is 0.0908. The van der Waals surface area contributed by atoms with E-state index in [0.29, 0.717) is 0 Å². The van der Waals surface area contributed by atoms with E-state index < -0.39 is 5.82 Å². The summed E-state index contributed by atoms with van der Waals surface area (Å²) in [6, 6.07) is 4.47. The van der Waals surface area contributed by atoms with Gasteiger partial charge in [-0.1, -0.05) is 12.5 Å². The van der Waals surface area contributed by atoms with Crippen LogP contribution >= 0.6 is 0 Å². The van der Waals surface area contributed by atoms with Gasteiger partial charge in [-0.25, -0.2) is 4.39 Å². The molecule has 2 atom stereocenters. The summed E-state index contributed by atoms with van der Waals surface area (Å²) in [4.78, 5) is 12.2. The second kappa shape index (κ2) is 4.84. The Morgan fingerprint density at radius 3 is 2.82 bits per heavy atom. The number of ether oxygens (including phenoxy) is 1. The fourth-order valence-electron chi connectivity index (χ4n) is 2.37. The smallest absolute Gasteiger partial charge is 0.175 e. The molecule has 0 heterocycles. The molecular formula is C13H16FNO2. The first-order valence-corrected chi connectivity index (χ1v) is 5.77. The highest BCUT2D eigenvalue weighted by Crippen LogP contribution is 2.30. The Hall–Kier alpha value is -1.42. The number of hydrogen-bond donors (Lipinski definition) is 1. The molecule has 0 aliphatic heterocycles. The van der Waals surface area contributed by atoms with Gasteiger partial charge in [-0.3, -0.25) is 4.79 Å². The minimum atomic E-state index is -0.584. The van der Waals surface area contributed by atoms with Crippen molar-refractivity contribution >= 4 is 5.78 Å². The van der Waals surface area contributed by atoms with Gasteiger partial charge in [0.15, 0.2) is 17.3 Å².